The fraction of sp³-hybridized carbons (Fsp3) is 0.684. The summed E-state index contributed by atoms with van der Waals surface area (Å²) in [6.45, 7) is 10.5. The highest BCUT2D eigenvalue weighted by molar-refractivity contribution is 9.10. The molecular formula is C19H29BrN2O. The van der Waals surface area contributed by atoms with Crippen LogP contribution in [-0.2, 0) is 6.54 Å². The number of halogens is 1. The van der Waals surface area contributed by atoms with Crippen LogP contribution >= 0.6 is 15.9 Å². The summed E-state index contributed by atoms with van der Waals surface area (Å²) in [7, 11) is 0. The summed E-state index contributed by atoms with van der Waals surface area (Å²) < 4.78 is 1.04. The first-order chi connectivity index (χ1) is 11.0. The predicted octanol–water partition coefficient (Wildman–Crippen LogP) is 4.10. The van der Waals surface area contributed by atoms with Gasteiger partial charge in [-0.3, -0.25) is 9.80 Å². The number of likely N-dealkylation sites (tertiary alicyclic amines) is 2. The quantitative estimate of drug-likeness (QED) is 0.854. The van der Waals surface area contributed by atoms with Crippen LogP contribution in [0, 0.1) is 11.8 Å². The highest BCUT2D eigenvalue weighted by Crippen LogP contribution is 2.28. The molecule has 0 spiro atoms. The minimum Gasteiger partial charge on any atom is -0.508 e. The van der Waals surface area contributed by atoms with Crippen molar-refractivity contribution in [2.45, 2.75) is 45.7 Å². The van der Waals surface area contributed by atoms with Crippen LogP contribution < -0.4 is 0 Å². The van der Waals surface area contributed by atoms with E-state index in [-0.39, 0.29) is 0 Å². The molecule has 1 aromatic rings. The van der Waals surface area contributed by atoms with Crippen LogP contribution in [0.2, 0.25) is 0 Å². The van der Waals surface area contributed by atoms with E-state index < -0.39 is 0 Å². The Morgan fingerprint density at radius 2 is 1.78 bits per heavy atom. The highest BCUT2D eigenvalue weighted by atomic mass is 79.9. The molecule has 2 atom stereocenters. The van der Waals surface area contributed by atoms with Crippen molar-refractivity contribution >= 4 is 15.9 Å². The summed E-state index contributed by atoms with van der Waals surface area (Å²) in [6.07, 6.45) is 3.90. The molecule has 4 heteroatoms. The molecule has 0 amide bonds. The molecule has 0 saturated carbocycles. The van der Waals surface area contributed by atoms with Crippen molar-refractivity contribution in [2.75, 3.05) is 26.2 Å². The zero-order valence-corrected chi connectivity index (χ0v) is 15.9. The topological polar surface area (TPSA) is 26.7 Å². The molecule has 2 heterocycles. The Balaban J connectivity index is 1.53. The van der Waals surface area contributed by atoms with Gasteiger partial charge in [-0.1, -0.05) is 29.8 Å². The maximum absolute atomic E-state index is 10.0. The SMILES string of the molecule is C[C@@H]1C[C@@H](C)CN(C2CCN(Cc3cc(Br)ccc3O)CC2)C1. The Labute approximate surface area is 148 Å². The molecule has 2 saturated heterocycles. The summed E-state index contributed by atoms with van der Waals surface area (Å²) in [5.74, 6) is 2.10. The Hall–Kier alpha value is -0.580. The third-order valence-electron chi connectivity index (χ3n) is 5.41. The van der Waals surface area contributed by atoms with Crippen molar-refractivity contribution in [3.8, 4) is 5.75 Å². The molecule has 2 aliphatic heterocycles. The van der Waals surface area contributed by atoms with Crippen LogP contribution in [0.3, 0.4) is 0 Å². The monoisotopic (exact) mass is 380 g/mol. The third kappa shape index (κ3) is 4.49. The second-order valence-corrected chi connectivity index (χ2v) is 8.60. The van der Waals surface area contributed by atoms with E-state index in [4.69, 9.17) is 0 Å². The van der Waals surface area contributed by atoms with Crippen molar-refractivity contribution < 1.29 is 5.11 Å². The molecule has 0 radical (unpaired) electrons. The molecule has 2 aliphatic rings. The average molecular weight is 381 g/mol. The van der Waals surface area contributed by atoms with Gasteiger partial charge in [-0.15, -0.1) is 0 Å². The van der Waals surface area contributed by atoms with Gasteiger partial charge in [0.2, 0.25) is 0 Å². The zero-order valence-electron chi connectivity index (χ0n) is 14.3. The van der Waals surface area contributed by atoms with E-state index in [9.17, 15) is 5.11 Å². The van der Waals surface area contributed by atoms with Gasteiger partial charge < -0.3 is 5.11 Å². The van der Waals surface area contributed by atoms with Gasteiger partial charge >= 0.3 is 0 Å². The first-order valence-corrected chi connectivity index (χ1v) is 9.74. The summed E-state index contributed by atoms with van der Waals surface area (Å²) in [4.78, 5) is 5.22. The normalized spacial score (nSPS) is 28.1. The van der Waals surface area contributed by atoms with E-state index in [0.29, 0.717) is 5.75 Å². The molecule has 3 rings (SSSR count). The third-order valence-corrected chi connectivity index (χ3v) is 5.90. The molecule has 0 aromatic heterocycles. The summed E-state index contributed by atoms with van der Waals surface area (Å²) in [5, 5.41) is 10.0. The minimum atomic E-state index is 0.411. The molecule has 0 unspecified atom stereocenters. The number of aromatic hydroxyl groups is 1. The lowest BCUT2D eigenvalue weighted by atomic mass is 9.89. The van der Waals surface area contributed by atoms with E-state index in [1.807, 2.05) is 12.1 Å². The van der Waals surface area contributed by atoms with Gasteiger partial charge in [0, 0.05) is 35.7 Å². The van der Waals surface area contributed by atoms with Crippen LogP contribution in [0.5, 0.6) is 5.75 Å². The van der Waals surface area contributed by atoms with E-state index >= 15 is 0 Å². The minimum absolute atomic E-state index is 0.411. The van der Waals surface area contributed by atoms with Gasteiger partial charge in [0.05, 0.1) is 0 Å². The van der Waals surface area contributed by atoms with Crippen molar-refractivity contribution in [3.05, 3.63) is 28.2 Å². The van der Waals surface area contributed by atoms with Gasteiger partial charge in [-0.2, -0.15) is 0 Å². The zero-order chi connectivity index (χ0) is 16.4. The summed E-state index contributed by atoms with van der Waals surface area (Å²) in [6, 6.07) is 6.47. The lowest BCUT2D eigenvalue weighted by Crippen LogP contribution is -2.49. The molecule has 1 aromatic carbocycles. The van der Waals surface area contributed by atoms with Gasteiger partial charge in [-0.05, 0) is 62.4 Å². The fourth-order valence-corrected chi connectivity index (χ4v) is 4.78. The van der Waals surface area contributed by atoms with Gasteiger partial charge in [-0.25, -0.2) is 0 Å². The number of nitrogens with zero attached hydrogens (tertiary/aromatic N) is 2. The maximum atomic E-state index is 10.0. The van der Waals surface area contributed by atoms with Crippen LogP contribution in [0.25, 0.3) is 0 Å². The molecule has 23 heavy (non-hydrogen) atoms. The summed E-state index contributed by atoms with van der Waals surface area (Å²) in [5.41, 5.74) is 1.03. The maximum Gasteiger partial charge on any atom is 0.120 e. The molecule has 0 aliphatic carbocycles. The smallest absolute Gasteiger partial charge is 0.120 e. The van der Waals surface area contributed by atoms with Crippen LogP contribution in [-0.4, -0.2) is 47.1 Å². The second-order valence-electron chi connectivity index (χ2n) is 7.68. The van der Waals surface area contributed by atoms with Crippen molar-refractivity contribution in [3.63, 3.8) is 0 Å². The largest absolute Gasteiger partial charge is 0.508 e. The number of piperidine rings is 2. The van der Waals surface area contributed by atoms with Crippen molar-refractivity contribution in [2.24, 2.45) is 11.8 Å². The van der Waals surface area contributed by atoms with E-state index in [0.717, 1.165) is 47.5 Å². The number of benzene rings is 1. The lowest BCUT2D eigenvalue weighted by Gasteiger charge is -2.43. The van der Waals surface area contributed by atoms with Gasteiger partial charge in [0.15, 0.2) is 0 Å². The second kappa shape index (κ2) is 7.54. The van der Waals surface area contributed by atoms with Crippen molar-refractivity contribution in [1.82, 2.24) is 9.80 Å². The number of hydrogen-bond donors (Lipinski definition) is 1. The molecule has 1 N–H and O–H groups in total. The van der Waals surface area contributed by atoms with E-state index in [1.165, 1.54) is 32.4 Å². The number of phenols is 1. The number of rotatable bonds is 3. The number of hydrogen-bond acceptors (Lipinski definition) is 3. The van der Waals surface area contributed by atoms with Gasteiger partial charge in [0.1, 0.15) is 5.75 Å². The first-order valence-electron chi connectivity index (χ1n) is 8.95. The number of phenolic OH excluding ortho intramolecular Hbond substituents is 1. The van der Waals surface area contributed by atoms with E-state index in [2.05, 4.69) is 39.6 Å². The van der Waals surface area contributed by atoms with Crippen LogP contribution in [0.4, 0.5) is 0 Å². The van der Waals surface area contributed by atoms with Crippen LogP contribution in [0.15, 0.2) is 22.7 Å². The fourth-order valence-electron chi connectivity index (χ4n) is 4.37. The molecule has 0 bridgehead atoms. The highest BCUT2D eigenvalue weighted by Gasteiger charge is 2.30. The van der Waals surface area contributed by atoms with Crippen molar-refractivity contribution in [1.29, 1.82) is 0 Å². The van der Waals surface area contributed by atoms with Gasteiger partial charge in [0.25, 0.3) is 0 Å². The average Bonchev–Trinajstić information content (AvgIpc) is 2.51. The van der Waals surface area contributed by atoms with Crippen LogP contribution in [0.1, 0.15) is 38.7 Å². The lowest BCUT2D eigenvalue weighted by molar-refractivity contribution is 0.0528. The van der Waals surface area contributed by atoms with E-state index in [1.54, 1.807) is 6.07 Å². The molecular weight excluding hydrogens is 352 g/mol. The predicted molar refractivity (Wildman–Crippen MR) is 98.6 cm³/mol. The summed E-state index contributed by atoms with van der Waals surface area (Å²) >= 11 is 3.50. The molecule has 128 valence electrons. The standard InChI is InChI=1S/C19H29BrN2O/c1-14-9-15(2)12-22(11-14)18-5-7-21(8-6-18)13-16-10-17(20)3-4-19(16)23/h3-4,10,14-15,18,23H,5-9,11-13H2,1-2H3/t14-,15-/m1/s1. The first kappa shape index (κ1) is 17.2. The Bertz CT molecular complexity index is 518. The Kier molecular flexibility index (Phi) is 5.65. The Morgan fingerprint density at radius 1 is 1.13 bits per heavy atom. The Morgan fingerprint density at radius 3 is 2.43 bits per heavy atom. The molecule has 3 nitrogen and oxygen atoms in total. The molecule has 2 fully saturated rings.